The molecule has 0 spiro atoms. The summed E-state index contributed by atoms with van der Waals surface area (Å²) in [6.07, 6.45) is 2.37. The number of carbonyl (C=O) groups excluding carboxylic acids is 1. The highest BCUT2D eigenvalue weighted by atomic mass is 35.5. The van der Waals surface area contributed by atoms with E-state index in [-0.39, 0.29) is 11.7 Å². The van der Waals surface area contributed by atoms with Gasteiger partial charge in [0.15, 0.2) is 0 Å². The number of nitrogens with zero attached hydrogens (tertiary/aromatic N) is 1. The summed E-state index contributed by atoms with van der Waals surface area (Å²) < 4.78 is 12.9. The van der Waals surface area contributed by atoms with Gasteiger partial charge in [0.05, 0.1) is 11.9 Å². The van der Waals surface area contributed by atoms with Crippen molar-refractivity contribution in [1.82, 2.24) is 4.98 Å². The average molecular weight is 370 g/mol. The Morgan fingerprint density at radius 1 is 1.04 bits per heavy atom. The summed E-state index contributed by atoms with van der Waals surface area (Å²) in [7, 11) is 0. The molecule has 2 aromatic carbocycles. The SMILES string of the molecule is O=C(Nc1cccc(Cl)c1)c1ccc(NCCc2ccc(F)cc2)cn1. The number of nitrogens with one attached hydrogen (secondary N) is 2. The average Bonchev–Trinajstić information content (AvgIpc) is 2.64. The van der Waals surface area contributed by atoms with E-state index in [4.69, 9.17) is 11.6 Å². The van der Waals surface area contributed by atoms with Crippen molar-refractivity contribution in [1.29, 1.82) is 0 Å². The van der Waals surface area contributed by atoms with Crippen LogP contribution in [0.1, 0.15) is 16.1 Å². The minimum absolute atomic E-state index is 0.238. The Bertz CT molecular complexity index is 882. The molecule has 26 heavy (non-hydrogen) atoms. The van der Waals surface area contributed by atoms with Crippen molar-refractivity contribution < 1.29 is 9.18 Å². The Labute approximate surface area is 156 Å². The second-order valence-electron chi connectivity index (χ2n) is 5.70. The van der Waals surface area contributed by atoms with Crippen LogP contribution in [0.2, 0.25) is 5.02 Å². The quantitative estimate of drug-likeness (QED) is 0.657. The monoisotopic (exact) mass is 369 g/mol. The Kier molecular flexibility index (Phi) is 5.81. The van der Waals surface area contributed by atoms with Gasteiger partial charge in [-0.3, -0.25) is 4.79 Å². The predicted octanol–water partition coefficient (Wildman–Crippen LogP) is 4.78. The van der Waals surface area contributed by atoms with Gasteiger partial charge in [0.2, 0.25) is 0 Å². The van der Waals surface area contributed by atoms with E-state index in [0.29, 0.717) is 22.9 Å². The normalized spacial score (nSPS) is 10.4. The molecule has 132 valence electrons. The first-order chi connectivity index (χ1) is 12.6. The zero-order chi connectivity index (χ0) is 18.4. The first-order valence-electron chi connectivity index (χ1n) is 8.11. The van der Waals surface area contributed by atoms with Gasteiger partial charge >= 0.3 is 0 Å². The van der Waals surface area contributed by atoms with Crippen LogP contribution < -0.4 is 10.6 Å². The fraction of sp³-hybridized carbons (Fsp3) is 0.100. The number of anilines is 2. The number of benzene rings is 2. The molecule has 0 aliphatic rings. The number of pyridine rings is 1. The number of aromatic nitrogens is 1. The highest BCUT2D eigenvalue weighted by molar-refractivity contribution is 6.30. The lowest BCUT2D eigenvalue weighted by atomic mass is 10.1. The van der Waals surface area contributed by atoms with Gasteiger partial charge in [0, 0.05) is 17.3 Å². The van der Waals surface area contributed by atoms with Crippen LogP contribution in [0.5, 0.6) is 0 Å². The summed E-state index contributed by atoms with van der Waals surface area (Å²) in [5.74, 6) is -0.539. The molecule has 6 heteroatoms. The number of halogens is 2. The summed E-state index contributed by atoms with van der Waals surface area (Å²) in [5.41, 5.74) is 2.79. The number of rotatable bonds is 6. The molecule has 0 bridgehead atoms. The standard InChI is InChI=1S/C20H17ClFN3O/c21-15-2-1-3-17(12-15)25-20(26)19-9-8-18(13-24-19)23-11-10-14-4-6-16(22)7-5-14/h1-9,12-13,23H,10-11H2,(H,25,26). The molecule has 2 N–H and O–H groups in total. The third-order valence-electron chi connectivity index (χ3n) is 3.73. The van der Waals surface area contributed by atoms with Gasteiger partial charge in [-0.05, 0) is 54.4 Å². The molecule has 0 fully saturated rings. The molecule has 4 nitrogen and oxygen atoms in total. The highest BCUT2D eigenvalue weighted by Crippen LogP contribution is 2.16. The van der Waals surface area contributed by atoms with Crippen LogP contribution in [0.15, 0.2) is 66.9 Å². The van der Waals surface area contributed by atoms with Gasteiger partial charge in [0.1, 0.15) is 11.5 Å². The number of carbonyl (C=O) groups is 1. The summed E-state index contributed by atoms with van der Waals surface area (Å²) in [4.78, 5) is 16.4. The van der Waals surface area contributed by atoms with Crippen molar-refractivity contribution in [2.24, 2.45) is 0 Å². The Hall–Kier alpha value is -2.92. The fourth-order valence-corrected chi connectivity index (χ4v) is 2.59. The van der Waals surface area contributed by atoms with Crippen LogP contribution in [-0.2, 0) is 6.42 Å². The van der Waals surface area contributed by atoms with E-state index in [9.17, 15) is 9.18 Å². The second kappa shape index (κ2) is 8.45. The van der Waals surface area contributed by atoms with E-state index in [2.05, 4.69) is 15.6 Å². The molecule has 1 amide bonds. The van der Waals surface area contributed by atoms with Crippen LogP contribution in [0, 0.1) is 5.82 Å². The van der Waals surface area contributed by atoms with E-state index in [1.54, 1.807) is 54.7 Å². The van der Waals surface area contributed by atoms with Crippen molar-refractivity contribution in [2.45, 2.75) is 6.42 Å². The second-order valence-corrected chi connectivity index (χ2v) is 6.14. The molecule has 0 aliphatic carbocycles. The molecule has 0 saturated heterocycles. The van der Waals surface area contributed by atoms with Gasteiger partial charge in [-0.15, -0.1) is 0 Å². The van der Waals surface area contributed by atoms with Crippen LogP contribution >= 0.6 is 11.6 Å². The molecule has 1 heterocycles. The summed E-state index contributed by atoms with van der Waals surface area (Å²) in [6.45, 7) is 0.682. The van der Waals surface area contributed by atoms with Crippen molar-refractivity contribution >= 4 is 28.9 Å². The topological polar surface area (TPSA) is 54.0 Å². The van der Waals surface area contributed by atoms with E-state index in [1.165, 1.54) is 12.1 Å². The first-order valence-corrected chi connectivity index (χ1v) is 8.49. The molecular formula is C20H17ClFN3O. The van der Waals surface area contributed by atoms with Crippen LogP contribution in [-0.4, -0.2) is 17.4 Å². The summed E-state index contributed by atoms with van der Waals surface area (Å²) in [6, 6.07) is 16.8. The zero-order valence-electron chi connectivity index (χ0n) is 13.9. The number of hydrogen-bond donors (Lipinski definition) is 2. The minimum atomic E-state index is -0.301. The molecule has 0 saturated carbocycles. The first kappa shape index (κ1) is 17.9. The summed E-state index contributed by atoms with van der Waals surface area (Å²) in [5, 5.41) is 6.53. The molecule has 3 rings (SSSR count). The largest absolute Gasteiger partial charge is 0.383 e. The lowest BCUT2D eigenvalue weighted by molar-refractivity contribution is 0.102. The maximum absolute atomic E-state index is 12.9. The zero-order valence-corrected chi connectivity index (χ0v) is 14.6. The van der Waals surface area contributed by atoms with E-state index < -0.39 is 0 Å². The maximum atomic E-state index is 12.9. The molecule has 0 aliphatic heterocycles. The Morgan fingerprint density at radius 3 is 2.54 bits per heavy atom. The number of amides is 1. The van der Waals surface area contributed by atoms with Gasteiger partial charge in [-0.2, -0.15) is 0 Å². The maximum Gasteiger partial charge on any atom is 0.274 e. The van der Waals surface area contributed by atoms with Crippen molar-refractivity contribution in [2.75, 3.05) is 17.2 Å². The number of hydrogen-bond acceptors (Lipinski definition) is 3. The third kappa shape index (κ3) is 5.04. The molecule has 1 aromatic heterocycles. The van der Waals surface area contributed by atoms with Crippen molar-refractivity contribution in [3.8, 4) is 0 Å². The molecule has 0 atom stereocenters. The van der Waals surface area contributed by atoms with Crippen molar-refractivity contribution in [3.63, 3.8) is 0 Å². The lowest BCUT2D eigenvalue weighted by Gasteiger charge is -2.08. The Morgan fingerprint density at radius 2 is 1.85 bits per heavy atom. The minimum Gasteiger partial charge on any atom is -0.383 e. The molecule has 0 radical (unpaired) electrons. The van der Waals surface area contributed by atoms with Crippen LogP contribution in [0.25, 0.3) is 0 Å². The van der Waals surface area contributed by atoms with E-state index >= 15 is 0 Å². The van der Waals surface area contributed by atoms with Gasteiger partial charge < -0.3 is 10.6 Å². The van der Waals surface area contributed by atoms with Gasteiger partial charge in [-0.1, -0.05) is 29.8 Å². The molecule has 3 aromatic rings. The van der Waals surface area contributed by atoms with Crippen molar-refractivity contribution in [3.05, 3.63) is 89.0 Å². The third-order valence-corrected chi connectivity index (χ3v) is 3.97. The van der Waals surface area contributed by atoms with Gasteiger partial charge in [-0.25, -0.2) is 9.37 Å². The van der Waals surface area contributed by atoms with Crippen LogP contribution in [0.4, 0.5) is 15.8 Å². The van der Waals surface area contributed by atoms with E-state index in [1.807, 2.05) is 0 Å². The lowest BCUT2D eigenvalue weighted by Crippen LogP contribution is -2.14. The fourth-order valence-electron chi connectivity index (χ4n) is 2.40. The highest BCUT2D eigenvalue weighted by Gasteiger charge is 2.08. The summed E-state index contributed by atoms with van der Waals surface area (Å²) >= 11 is 5.90. The Balaban J connectivity index is 1.52. The van der Waals surface area contributed by atoms with Crippen LogP contribution in [0.3, 0.4) is 0 Å². The van der Waals surface area contributed by atoms with E-state index in [0.717, 1.165) is 17.7 Å². The van der Waals surface area contributed by atoms with Gasteiger partial charge in [0.25, 0.3) is 5.91 Å². The smallest absolute Gasteiger partial charge is 0.274 e. The molecular weight excluding hydrogens is 353 g/mol. The predicted molar refractivity (Wildman–Crippen MR) is 102 cm³/mol. The molecule has 0 unspecified atom stereocenters.